The molecule has 0 spiro atoms. The van der Waals surface area contributed by atoms with Gasteiger partial charge in [0.05, 0.1) is 7.11 Å². The first kappa shape index (κ1) is 27.0. The first-order chi connectivity index (χ1) is 17.2. The third-order valence-electron chi connectivity index (χ3n) is 6.48. The summed E-state index contributed by atoms with van der Waals surface area (Å²) in [6.07, 6.45) is 0. The SMILES string of the molecule is CCN(CC)CCOc1ccc(CNC(=O)CN2C(=O)NC(C)(c3ccc(C)cc3)C2=O)cc1OC. The van der Waals surface area contributed by atoms with E-state index in [0.29, 0.717) is 23.7 Å². The number of carbonyl (C=O) groups is 3. The van der Waals surface area contributed by atoms with Crippen LogP contribution in [-0.4, -0.2) is 67.5 Å². The fourth-order valence-electron chi connectivity index (χ4n) is 4.09. The number of imide groups is 1. The van der Waals surface area contributed by atoms with Gasteiger partial charge < -0.3 is 25.0 Å². The fourth-order valence-corrected chi connectivity index (χ4v) is 4.09. The Morgan fingerprint density at radius 3 is 2.42 bits per heavy atom. The van der Waals surface area contributed by atoms with Crippen molar-refractivity contribution in [3.63, 3.8) is 0 Å². The molecule has 194 valence electrons. The van der Waals surface area contributed by atoms with E-state index in [0.717, 1.165) is 35.7 Å². The van der Waals surface area contributed by atoms with Crippen LogP contribution in [0.3, 0.4) is 0 Å². The Labute approximate surface area is 212 Å². The van der Waals surface area contributed by atoms with Gasteiger partial charge in [-0.2, -0.15) is 0 Å². The smallest absolute Gasteiger partial charge is 0.325 e. The third-order valence-corrected chi connectivity index (χ3v) is 6.48. The molecular formula is C27H36N4O5. The Balaban J connectivity index is 1.56. The summed E-state index contributed by atoms with van der Waals surface area (Å²) in [6, 6.07) is 12.2. The summed E-state index contributed by atoms with van der Waals surface area (Å²) in [6.45, 7) is 11.0. The quantitative estimate of drug-likeness (QED) is 0.439. The molecule has 0 saturated carbocycles. The van der Waals surface area contributed by atoms with E-state index in [1.807, 2.05) is 43.3 Å². The van der Waals surface area contributed by atoms with Crippen LogP contribution in [0.2, 0.25) is 0 Å². The second-order valence-electron chi connectivity index (χ2n) is 8.95. The fraction of sp³-hybridized carbons (Fsp3) is 0.444. The van der Waals surface area contributed by atoms with Crippen molar-refractivity contribution >= 4 is 17.8 Å². The van der Waals surface area contributed by atoms with Gasteiger partial charge in [-0.25, -0.2) is 4.79 Å². The average molecular weight is 497 g/mol. The van der Waals surface area contributed by atoms with Crippen molar-refractivity contribution in [3.05, 3.63) is 59.2 Å². The summed E-state index contributed by atoms with van der Waals surface area (Å²) >= 11 is 0. The highest BCUT2D eigenvalue weighted by Crippen LogP contribution is 2.29. The molecule has 2 aromatic carbocycles. The lowest BCUT2D eigenvalue weighted by atomic mass is 9.91. The van der Waals surface area contributed by atoms with Crippen LogP contribution in [-0.2, 0) is 21.7 Å². The molecular weight excluding hydrogens is 460 g/mol. The molecule has 4 amide bonds. The topological polar surface area (TPSA) is 100 Å². The summed E-state index contributed by atoms with van der Waals surface area (Å²) in [7, 11) is 1.57. The van der Waals surface area contributed by atoms with E-state index < -0.39 is 23.4 Å². The average Bonchev–Trinajstić information content (AvgIpc) is 3.09. The maximum absolute atomic E-state index is 13.0. The molecule has 0 bridgehead atoms. The van der Waals surface area contributed by atoms with Gasteiger partial charge in [-0.15, -0.1) is 0 Å². The van der Waals surface area contributed by atoms with E-state index in [2.05, 4.69) is 29.4 Å². The number of amides is 4. The van der Waals surface area contributed by atoms with Crippen molar-refractivity contribution in [1.29, 1.82) is 0 Å². The third kappa shape index (κ3) is 6.15. The van der Waals surface area contributed by atoms with Crippen LogP contribution in [0.25, 0.3) is 0 Å². The highest BCUT2D eigenvalue weighted by Gasteiger charge is 2.49. The molecule has 0 radical (unpaired) electrons. The van der Waals surface area contributed by atoms with Gasteiger partial charge in [-0.3, -0.25) is 14.5 Å². The van der Waals surface area contributed by atoms with Gasteiger partial charge in [-0.05, 0) is 50.2 Å². The minimum absolute atomic E-state index is 0.216. The summed E-state index contributed by atoms with van der Waals surface area (Å²) in [4.78, 5) is 41.4. The second-order valence-corrected chi connectivity index (χ2v) is 8.95. The van der Waals surface area contributed by atoms with Crippen LogP contribution in [0.4, 0.5) is 4.79 Å². The molecule has 9 nitrogen and oxygen atoms in total. The van der Waals surface area contributed by atoms with Crippen LogP contribution < -0.4 is 20.1 Å². The highest BCUT2D eigenvalue weighted by molar-refractivity contribution is 6.09. The highest BCUT2D eigenvalue weighted by atomic mass is 16.5. The van der Waals surface area contributed by atoms with E-state index in [-0.39, 0.29) is 13.1 Å². The Bertz CT molecular complexity index is 1080. The number of nitrogens with zero attached hydrogens (tertiary/aromatic N) is 2. The van der Waals surface area contributed by atoms with Crippen LogP contribution in [0.1, 0.15) is 37.5 Å². The number of benzene rings is 2. The molecule has 0 aliphatic carbocycles. The Morgan fingerprint density at radius 2 is 1.78 bits per heavy atom. The maximum Gasteiger partial charge on any atom is 0.325 e. The zero-order chi connectivity index (χ0) is 26.3. The van der Waals surface area contributed by atoms with Crippen LogP contribution in [0, 0.1) is 6.92 Å². The van der Waals surface area contributed by atoms with Crippen LogP contribution >= 0.6 is 0 Å². The van der Waals surface area contributed by atoms with Gasteiger partial charge in [0.15, 0.2) is 11.5 Å². The van der Waals surface area contributed by atoms with Crippen molar-refractivity contribution in [3.8, 4) is 11.5 Å². The number of aryl methyl sites for hydroxylation is 1. The molecule has 1 heterocycles. The zero-order valence-corrected chi connectivity index (χ0v) is 21.7. The van der Waals surface area contributed by atoms with Gasteiger partial charge in [0.25, 0.3) is 5.91 Å². The van der Waals surface area contributed by atoms with Gasteiger partial charge in [-0.1, -0.05) is 49.7 Å². The molecule has 1 saturated heterocycles. The van der Waals surface area contributed by atoms with Gasteiger partial charge in [0.2, 0.25) is 5.91 Å². The van der Waals surface area contributed by atoms with E-state index in [1.54, 1.807) is 20.1 Å². The van der Waals surface area contributed by atoms with Crippen LogP contribution in [0.15, 0.2) is 42.5 Å². The number of urea groups is 1. The molecule has 0 aromatic heterocycles. The maximum atomic E-state index is 13.0. The lowest BCUT2D eigenvalue weighted by molar-refractivity contribution is -0.134. The first-order valence-corrected chi connectivity index (χ1v) is 12.2. The molecule has 3 rings (SSSR count). The standard InChI is InChI=1S/C27H36N4O5/c1-6-30(7-2)14-15-36-22-13-10-20(16-23(22)35-5)17-28-24(32)18-31-25(33)27(4,29-26(31)34)21-11-8-19(3)9-12-21/h8-13,16H,6-7,14-15,17-18H2,1-5H3,(H,28,32)(H,29,34). The van der Waals surface area contributed by atoms with Crippen molar-refractivity contribution in [2.75, 3.05) is 39.9 Å². The summed E-state index contributed by atoms with van der Waals surface area (Å²) < 4.78 is 11.3. The number of hydrogen-bond donors (Lipinski definition) is 2. The normalized spacial score (nSPS) is 17.3. The van der Waals surface area contributed by atoms with Gasteiger partial charge in [0, 0.05) is 13.1 Å². The molecule has 36 heavy (non-hydrogen) atoms. The molecule has 1 unspecified atom stereocenters. The number of rotatable bonds is 12. The predicted octanol–water partition coefficient (Wildman–Crippen LogP) is 2.81. The van der Waals surface area contributed by atoms with Gasteiger partial charge >= 0.3 is 6.03 Å². The Kier molecular flexibility index (Phi) is 8.93. The monoisotopic (exact) mass is 496 g/mol. The molecule has 2 N–H and O–H groups in total. The van der Waals surface area contributed by atoms with E-state index >= 15 is 0 Å². The van der Waals surface area contributed by atoms with Crippen molar-refractivity contribution in [1.82, 2.24) is 20.4 Å². The summed E-state index contributed by atoms with van der Waals surface area (Å²) in [5.41, 5.74) is 1.31. The number of carbonyl (C=O) groups excluding carboxylic acids is 3. The number of likely N-dealkylation sites (N-methyl/N-ethyl adjacent to an activating group) is 1. The summed E-state index contributed by atoms with van der Waals surface area (Å²) in [5.74, 6) is 0.309. The Hall–Kier alpha value is -3.59. The zero-order valence-electron chi connectivity index (χ0n) is 21.7. The molecule has 1 aliphatic heterocycles. The largest absolute Gasteiger partial charge is 0.493 e. The first-order valence-electron chi connectivity index (χ1n) is 12.2. The van der Waals surface area contributed by atoms with Crippen LogP contribution in [0.5, 0.6) is 11.5 Å². The minimum Gasteiger partial charge on any atom is -0.493 e. The second kappa shape index (κ2) is 11.9. The molecule has 1 atom stereocenters. The Morgan fingerprint density at radius 1 is 1.08 bits per heavy atom. The lowest BCUT2D eigenvalue weighted by Gasteiger charge is -2.22. The van der Waals surface area contributed by atoms with Crippen molar-refractivity contribution < 1.29 is 23.9 Å². The van der Waals surface area contributed by atoms with Crippen molar-refractivity contribution in [2.45, 2.75) is 39.8 Å². The van der Waals surface area contributed by atoms with Crippen molar-refractivity contribution in [2.24, 2.45) is 0 Å². The molecule has 9 heteroatoms. The molecule has 1 aliphatic rings. The van der Waals surface area contributed by atoms with Gasteiger partial charge in [0.1, 0.15) is 18.7 Å². The number of hydrogen-bond acceptors (Lipinski definition) is 6. The van der Waals surface area contributed by atoms with E-state index in [4.69, 9.17) is 9.47 Å². The lowest BCUT2D eigenvalue weighted by Crippen LogP contribution is -2.43. The number of nitrogens with one attached hydrogen (secondary N) is 2. The number of methoxy groups -OCH3 is 1. The minimum atomic E-state index is -1.21. The number of ether oxygens (including phenoxy) is 2. The predicted molar refractivity (Wildman–Crippen MR) is 137 cm³/mol. The summed E-state index contributed by atoms with van der Waals surface area (Å²) in [5, 5.41) is 5.49. The molecule has 1 fully saturated rings. The van der Waals surface area contributed by atoms with E-state index in [9.17, 15) is 14.4 Å². The molecule has 2 aromatic rings. The van der Waals surface area contributed by atoms with E-state index in [1.165, 1.54) is 0 Å².